The summed E-state index contributed by atoms with van der Waals surface area (Å²) in [6, 6.07) is 12.6. The fourth-order valence-corrected chi connectivity index (χ4v) is 1.61. The molecule has 0 saturated carbocycles. The third-order valence-electron chi connectivity index (χ3n) is 2.01. The van der Waals surface area contributed by atoms with Gasteiger partial charge in [-0.25, -0.2) is 9.78 Å². The molecule has 17 heavy (non-hydrogen) atoms. The number of rotatable bonds is 2. The first-order chi connectivity index (χ1) is 8.24. The topological polar surface area (TPSA) is 54.0 Å². The van der Waals surface area contributed by atoms with Crippen molar-refractivity contribution in [1.29, 1.82) is 0 Å². The molecule has 0 aliphatic heterocycles. The highest BCUT2D eigenvalue weighted by Crippen LogP contribution is 2.11. The molecule has 0 atom stereocenters. The van der Waals surface area contributed by atoms with Gasteiger partial charge in [0.05, 0.1) is 0 Å². The number of nitrogens with zero attached hydrogens (tertiary/aromatic N) is 1. The molecule has 0 bridgehead atoms. The summed E-state index contributed by atoms with van der Waals surface area (Å²) in [5, 5.41) is 5.37. The zero-order valence-corrected chi connectivity index (χ0v) is 11.0. The molecule has 2 N–H and O–H groups in total. The van der Waals surface area contributed by atoms with Gasteiger partial charge in [0.2, 0.25) is 0 Å². The summed E-state index contributed by atoms with van der Waals surface area (Å²) in [5.74, 6) is 0.524. The van der Waals surface area contributed by atoms with Crippen LogP contribution in [0.4, 0.5) is 16.3 Å². The second-order valence-electron chi connectivity index (χ2n) is 3.30. The van der Waals surface area contributed by atoms with Gasteiger partial charge in [0.25, 0.3) is 0 Å². The number of halogens is 1. The minimum Gasteiger partial charge on any atom is -0.308 e. The first kappa shape index (κ1) is 11.8. The lowest BCUT2D eigenvalue weighted by atomic mass is 10.3. The summed E-state index contributed by atoms with van der Waals surface area (Å²) in [6.07, 6.45) is 1.63. The van der Waals surface area contributed by atoms with Crippen molar-refractivity contribution in [2.24, 2.45) is 0 Å². The molecule has 0 unspecified atom stereocenters. The van der Waals surface area contributed by atoms with E-state index in [2.05, 4.69) is 38.2 Å². The van der Waals surface area contributed by atoms with Crippen LogP contribution < -0.4 is 10.6 Å². The number of urea groups is 1. The minimum atomic E-state index is -0.301. The van der Waals surface area contributed by atoms with E-state index in [1.54, 1.807) is 18.3 Å². The van der Waals surface area contributed by atoms with Gasteiger partial charge in [0.1, 0.15) is 5.82 Å². The molecule has 5 heteroatoms. The Kier molecular flexibility index (Phi) is 3.92. The molecular weight excluding hydrogens is 329 g/mol. The molecule has 1 aromatic carbocycles. The fraction of sp³-hybridized carbons (Fsp3) is 0. The van der Waals surface area contributed by atoms with Gasteiger partial charge in [-0.15, -0.1) is 0 Å². The second-order valence-corrected chi connectivity index (χ2v) is 4.55. The molecule has 2 amide bonds. The molecule has 0 fully saturated rings. The molecule has 0 radical (unpaired) electrons. The van der Waals surface area contributed by atoms with E-state index in [1.165, 1.54) is 0 Å². The van der Waals surface area contributed by atoms with Gasteiger partial charge in [0.15, 0.2) is 0 Å². The van der Waals surface area contributed by atoms with Crippen molar-refractivity contribution in [3.63, 3.8) is 0 Å². The fourth-order valence-electron chi connectivity index (χ4n) is 1.25. The Hall–Kier alpha value is -1.63. The molecule has 4 nitrogen and oxygen atoms in total. The maximum absolute atomic E-state index is 11.6. The van der Waals surface area contributed by atoms with Gasteiger partial charge in [-0.3, -0.25) is 5.32 Å². The zero-order chi connectivity index (χ0) is 12.1. The van der Waals surface area contributed by atoms with E-state index in [-0.39, 0.29) is 6.03 Å². The summed E-state index contributed by atoms with van der Waals surface area (Å²) in [4.78, 5) is 15.6. The number of carbonyl (C=O) groups excluding carboxylic acids is 1. The maximum Gasteiger partial charge on any atom is 0.324 e. The summed E-state index contributed by atoms with van der Waals surface area (Å²) >= 11 is 2.21. The van der Waals surface area contributed by atoms with Crippen molar-refractivity contribution in [3.05, 3.63) is 52.2 Å². The van der Waals surface area contributed by atoms with E-state index in [1.807, 2.05) is 30.3 Å². The zero-order valence-electron chi connectivity index (χ0n) is 8.85. The molecule has 86 valence electrons. The molecular formula is C12H10IN3O. The Morgan fingerprint density at radius 2 is 1.82 bits per heavy atom. The molecule has 0 spiro atoms. The van der Waals surface area contributed by atoms with Crippen LogP contribution in [0.5, 0.6) is 0 Å². The average molecular weight is 339 g/mol. The summed E-state index contributed by atoms with van der Waals surface area (Å²) < 4.78 is 1.12. The van der Waals surface area contributed by atoms with Crippen LogP contribution in [0.15, 0.2) is 48.7 Å². The third-order valence-corrected chi connectivity index (χ3v) is 2.73. The molecule has 1 aromatic heterocycles. The van der Waals surface area contributed by atoms with Gasteiger partial charge in [-0.05, 0) is 59.0 Å². The van der Waals surface area contributed by atoms with Crippen molar-refractivity contribution >= 4 is 40.1 Å². The Bertz CT molecular complexity index is 499. The quantitative estimate of drug-likeness (QED) is 0.825. The largest absolute Gasteiger partial charge is 0.324 e. The lowest BCUT2D eigenvalue weighted by Crippen LogP contribution is -2.19. The van der Waals surface area contributed by atoms with Crippen LogP contribution in [0, 0.1) is 3.57 Å². The van der Waals surface area contributed by atoms with Crippen molar-refractivity contribution in [2.45, 2.75) is 0 Å². The number of nitrogens with one attached hydrogen (secondary N) is 2. The SMILES string of the molecule is O=C(Nc1ccc(I)cc1)Nc1ccccn1. The van der Waals surface area contributed by atoms with E-state index in [9.17, 15) is 4.79 Å². The van der Waals surface area contributed by atoms with Crippen molar-refractivity contribution in [1.82, 2.24) is 4.98 Å². The standard InChI is InChI=1S/C12H10IN3O/c13-9-4-6-10(7-5-9)15-12(17)16-11-3-1-2-8-14-11/h1-8H,(H2,14,15,16,17). The van der Waals surface area contributed by atoms with E-state index in [0.29, 0.717) is 5.82 Å². The number of amides is 2. The second kappa shape index (κ2) is 5.62. The minimum absolute atomic E-state index is 0.301. The van der Waals surface area contributed by atoms with Gasteiger partial charge in [0, 0.05) is 15.5 Å². The van der Waals surface area contributed by atoms with Crippen LogP contribution in [0.25, 0.3) is 0 Å². The Balaban J connectivity index is 1.96. The van der Waals surface area contributed by atoms with Crippen LogP contribution in [0.3, 0.4) is 0 Å². The number of anilines is 2. The van der Waals surface area contributed by atoms with Crippen LogP contribution in [0.1, 0.15) is 0 Å². The predicted molar refractivity (Wildman–Crippen MR) is 76.0 cm³/mol. The number of aromatic nitrogens is 1. The van der Waals surface area contributed by atoms with E-state index in [4.69, 9.17) is 0 Å². The summed E-state index contributed by atoms with van der Waals surface area (Å²) in [6.45, 7) is 0. The summed E-state index contributed by atoms with van der Waals surface area (Å²) in [7, 11) is 0. The van der Waals surface area contributed by atoms with E-state index >= 15 is 0 Å². The van der Waals surface area contributed by atoms with Gasteiger partial charge in [-0.1, -0.05) is 6.07 Å². The highest BCUT2D eigenvalue weighted by Gasteiger charge is 2.02. The Morgan fingerprint density at radius 3 is 2.47 bits per heavy atom. The normalized spacial score (nSPS) is 9.71. The van der Waals surface area contributed by atoms with E-state index in [0.717, 1.165) is 9.26 Å². The highest BCUT2D eigenvalue weighted by atomic mass is 127. The number of pyridine rings is 1. The first-order valence-electron chi connectivity index (χ1n) is 4.98. The van der Waals surface area contributed by atoms with Crippen molar-refractivity contribution in [2.75, 3.05) is 10.6 Å². The average Bonchev–Trinajstić information content (AvgIpc) is 2.33. The van der Waals surface area contributed by atoms with E-state index < -0.39 is 0 Å². The van der Waals surface area contributed by atoms with Gasteiger partial charge >= 0.3 is 6.03 Å². The number of hydrogen-bond acceptors (Lipinski definition) is 2. The number of carbonyl (C=O) groups is 1. The van der Waals surface area contributed by atoms with Crippen LogP contribution in [0.2, 0.25) is 0 Å². The molecule has 0 aliphatic carbocycles. The molecule has 1 heterocycles. The molecule has 2 aromatic rings. The van der Waals surface area contributed by atoms with Gasteiger partial charge in [-0.2, -0.15) is 0 Å². The Morgan fingerprint density at radius 1 is 1.06 bits per heavy atom. The Labute approximate surface area is 113 Å². The molecule has 0 saturated heterocycles. The lowest BCUT2D eigenvalue weighted by molar-refractivity contribution is 0.262. The third kappa shape index (κ3) is 3.70. The number of hydrogen-bond donors (Lipinski definition) is 2. The number of benzene rings is 1. The van der Waals surface area contributed by atoms with Crippen LogP contribution >= 0.6 is 22.6 Å². The van der Waals surface area contributed by atoms with Crippen LogP contribution in [-0.2, 0) is 0 Å². The summed E-state index contributed by atoms with van der Waals surface area (Å²) in [5.41, 5.74) is 0.749. The highest BCUT2D eigenvalue weighted by molar-refractivity contribution is 14.1. The monoisotopic (exact) mass is 339 g/mol. The predicted octanol–water partition coefficient (Wildman–Crippen LogP) is 3.33. The lowest BCUT2D eigenvalue weighted by Gasteiger charge is -2.06. The smallest absolute Gasteiger partial charge is 0.308 e. The maximum atomic E-state index is 11.6. The van der Waals surface area contributed by atoms with Crippen molar-refractivity contribution < 1.29 is 4.79 Å². The molecule has 0 aliphatic rings. The van der Waals surface area contributed by atoms with Gasteiger partial charge < -0.3 is 5.32 Å². The van der Waals surface area contributed by atoms with Crippen LogP contribution in [-0.4, -0.2) is 11.0 Å². The first-order valence-corrected chi connectivity index (χ1v) is 6.06. The molecule has 2 rings (SSSR count). The van der Waals surface area contributed by atoms with Crippen molar-refractivity contribution in [3.8, 4) is 0 Å².